The summed E-state index contributed by atoms with van der Waals surface area (Å²) in [7, 11) is 0. The Kier molecular flexibility index (Phi) is 6.98. The lowest BCUT2D eigenvalue weighted by Crippen LogP contribution is -2.53. The van der Waals surface area contributed by atoms with Crippen molar-refractivity contribution in [1.29, 1.82) is 0 Å². The Hall–Kier alpha value is -2.74. The Bertz CT molecular complexity index is 814. The number of carbonyl (C=O) groups excluding carboxylic acids is 2. The van der Waals surface area contributed by atoms with Crippen LogP contribution in [0.1, 0.15) is 22.3 Å². The summed E-state index contributed by atoms with van der Waals surface area (Å²) in [4.78, 5) is 24.2. The van der Waals surface area contributed by atoms with E-state index < -0.39 is 17.8 Å². The van der Waals surface area contributed by atoms with E-state index in [9.17, 15) is 19.8 Å². The number of carbonyl (C=O) groups is 2. The number of amides is 2. The number of aryl methyl sites for hydroxylation is 1. The van der Waals surface area contributed by atoms with Gasteiger partial charge in [-0.15, -0.1) is 0 Å². The average molecular weight is 398 g/mol. The highest BCUT2D eigenvalue weighted by atomic mass is 16.5. The fraction of sp³-hybridized carbons (Fsp3) is 0.364. The number of nitrogens with one attached hydrogen (secondary N) is 2. The van der Waals surface area contributed by atoms with Crippen molar-refractivity contribution in [3.05, 3.63) is 71.8 Å². The second-order valence-corrected chi connectivity index (χ2v) is 7.24. The zero-order valence-electron chi connectivity index (χ0n) is 16.1. The van der Waals surface area contributed by atoms with Crippen LogP contribution in [0.25, 0.3) is 0 Å². The molecule has 1 heterocycles. The largest absolute Gasteiger partial charge is 0.387 e. The highest BCUT2D eigenvalue weighted by molar-refractivity contribution is 5.94. The van der Waals surface area contributed by atoms with Crippen LogP contribution in [0.15, 0.2) is 60.7 Å². The van der Waals surface area contributed by atoms with Gasteiger partial charge in [-0.25, -0.2) is 0 Å². The molecule has 2 amide bonds. The van der Waals surface area contributed by atoms with Gasteiger partial charge in [-0.1, -0.05) is 48.5 Å². The molecule has 29 heavy (non-hydrogen) atoms. The summed E-state index contributed by atoms with van der Waals surface area (Å²) in [5, 5.41) is 26.4. The lowest BCUT2D eigenvalue weighted by Gasteiger charge is -2.26. The summed E-state index contributed by atoms with van der Waals surface area (Å²) in [6, 6.07) is 18.3. The van der Waals surface area contributed by atoms with Crippen LogP contribution in [0.3, 0.4) is 0 Å². The molecule has 0 aromatic heterocycles. The molecular formula is C22H26N2O5. The van der Waals surface area contributed by atoms with E-state index in [0.717, 1.165) is 5.56 Å². The molecule has 7 nitrogen and oxygen atoms in total. The van der Waals surface area contributed by atoms with E-state index in [2.05, 4.69) is 10.6 Å². The first-order valence-electron chi connectivity index (χ1n) is 9.64. The van der Waals surface area contributed by atoms with E-state index in [1.165, 1.54) is 0 Å². The van der Waals surface area contributed by atoms with E-state index in [-0.39, 0.29) is 31.5 Å². The van der Waals surface area contributed by atoms with Gasteiger partial charge in [0, 0.05) is 18.5 Å². The quantitative estimate of drug-likeness (QED) is 0.522. The maximum absolute atomic E-state index is 12.1. The summed E-state index contributed by atoms with van der Waals surface area (Å²) >= 11 is 0. The molecule has 1 aliphatic heterocycles. The summed E-state index contributed by atoms with van der Waals surface area (Å²) in [6.07, 6.45) is -1.03. The fourth-order valence-electron chi connectivity index (χ4n) is 3.23. The smallest absolute Gasteiger partial charge is 0.251 e. The normalized spacial score (nSPS) is 23.5. The van der Waals surface area contributed by atoms with Gasteiger partial charge in [0.2, 0.25) is 5.91 Å². The summed E-state index contributed by atoms with van der Waals surface area (Å²) < 4.78 is 5.47. The van der Waals surface area contributed by atoms with Crippen molar-refractivity contribution in [1.82, 2.24) is 10.6 Å². The van der Waals surface area contributed by atoms with E-state index in [4.69, 9.17) is 4.74 Å². The monoisotopic (exact) mass is 398 g/mol. The van der Waals surface area contributed by atoms with Crippen LogP contribution in [0.2, 0.25) is 0 Å². The Balaban J connectivity index is 1.43. The molecule has 2 aromatic carbocycles. The van der Waals surface area contributed by atoms with Gasteiger partial charge in [-0.3, -0.25) is 9.59 Å². The van der Waals surface area contributed by atoms with Gasteiger partial charge in [0.05, 0.1) is 13.2 Å². The lowest BCUT2D eigenvalue weighted by atomic mass is 9.96. The molecule has 0 bridgehead atoms. The number of hydrogen-bond acceptors (Lipinski definition) is 5. The number of benzene rings is 2. The summed E-state index contributed by atoms with van der Waals surface area (Å²) in [5.74, 6) is -0.499. The fourth-order valence-corrected chi connectivity index (χ4v) is 3.23. The van der Waals surface area contributed by atoms with Crippen molar-refractivity contribution in [2.24, 2.45) is 0 Å². The van der Waals surface area contributed by atoms with Crippen LogP contribution in [-0.4, -0.2) is 59.5 Å². The molecule has 0 aliphatic carbocycles. The van der Waals surface area contributed by atoms with Crippen molar-refractivity contribution in [2.75, 3.05) is 19.7 Å². The third-order valence-electron chi connectivity index (χ3n) is 5.03. The Morgan fingerprint density at radius 1 is 1.03 bits per heavy atom. The summed E-state index contributed by atoms with van der Waals surface area (Å²) in [6.45, 7) is -0.197. The van der Waals surface area contributed by atoms with Crippen molar-refractivity contribution >= 4 is 11.8 Å². The van der Waals surface area contributed by atoms with Crippen molar-refractivity contribution in [3.8, 4) is 0 Å². The first-order valence-corrected chi connectivity index (χ1v) is 9.64. The van der Waals surface area contributed by atoms with Crippen LogP contribution in [0, 0.1) is 0 Å². The Labute approximate surface area is 169 Å². The second kappa shape index (κ2) is 9.65. The molecular weight excluding hydrogens is 372 g/mol. The molecule has 0 spiro atoms. The van der Waals surface area contributed by atoms with Crippen LogP contribution in [0.5, 0.6) is 0 Å². The Morgan fingerprint density at radius 2 is 1.69 bits per heavy atom. The third-order valence-corrected chi connectivity index (χ3v) is 5.03. The van der Waals surface area contributed by atoms with Gasteiger partial charge >= 0.3 is 0 Å². The standard InChI is InChI=1S/C22H26N2O5/c25-19(12-11-16-7-3-1-4-8-16)23-13-18-20(26)22(28,15-29-18)14-24-21(27)17-9-5-2-6-10-17/h1-10,18,20,26,28H,11-15H2,(H,23,25)(H,24,27)/t18-,20-,22+/m1/s1. The molecule has 3 rings (SSSR count). The molecule has 0 saturated carbocycles. The maximum atomic E-state index is 12.1. The molecule has 7 heteroatoms. The van der Waals surface area contributed by atoms with Gasteiger partial charge in [-0.05, 0) is 24.1 Å². The summed E-state index contributed by atoms with van der Waals surface area (Å²) in [5.41, 5.74) is -0.0702. The molecule has 0 unspecified atom stereocenters. The van der Waals surface area contributed by atoms with Gasteiger partial charge in [0.15, 0.2) is 0 Å². The lowest BCUT2D eigenvalue weighted by molar-refractivity contribution is -0.121. The number of ether oxygens (including phenoxy) is 1. The van der Waals surface area contributed by atoms with Crippen molar-refractivity contribution < 1.29 is 24.5 Å². The SMILES string of the molecule is O=C(CCc1ccccc1)NC[C@H]1OC[C@@](O)(CNC(=O)c2ccccc2)[C@@H]1O. The topological polar surface area (TPSA) is 108 Å². The van der Waals surface area contributed by atoms with Crippen molar-refractivity contribution in [3.63, 3.8) is 0 Å². The Morgan fingerprint density at radius 3 is 2.38 bits per heavy atom. The number of hydrogen-bond donors (Lipinski definition) is 4. The molecule has 154 valence electrons. The minimum Gasteiger partial charge on any atom is -0.387 e. The molecule has 0 radical (unpaired) electrons. The molecule has 4 N–H and O–H groups in total. The molecule has 2 aromatic rings. The van der Waals surface area contributed by atoms with E-state index in [0.29, 0.717) is 18.4 Å². The first-order chi connectivity index (χ1) is 14.0. The number of aliphatic hydroxyl groups is 2. The average Bonchev–Trinajstić information content (AvgIpc) is 3.04. The van der Waals surface area contributed by atoms with Crippen LogP contribution in [0.4, 0.5) is 0 Å². The van der Waals surface area contributed by atoms with Gasteiger partial charge in [-0.2, -0.15) is 0 Å². The van der Waals surface area contributed by atoms with Gasteiger partial charge in [0.1, 0.15) is 17.8 Å². The highest BCUT2D eigenvalue weighted by Crippen LogP contribution is 2.24. The van der Waals surface area contributed by atoms with Gasteiger partial charge in [0.25, 0.3) is 5.91 Å². The highest BCUT2D eigenvalue weighted by Gasteiger charge is 2.48. The second-order valence-electron chi connectivity index (χ2n) is 7.24. The minimum absolute atomic E-state index is 0.0870. The maximum Gasteiger partial charge on any atom is 0.251 e. The number of rotatable bonds is 8. The molecule has 1 saturated heterocycles. The zero-order valence-corrected chi connectivity index (χ0v) is 16.1. The predicted molar refractivity (Wildman–Crippen MR) is 107 cm³/mol. The molecule has 1 fully saturated rings. The zero-order chi connectivity index (χ0) is 20.7. The predicted octanol–water partition coefficient (Wildman–Crippen LogP) is 0.656. The minimum atomic E-state index is -1.61. The molecule has 1 aliphatic rings. The molecule has 3 atom stereocenters. The van der Waals surface area contributed by atoms with Crippen LogP contribution < -0.4 is 10.6 Å². The first kappa shape index (κ1) is 21.0. The number of aliphatic hydroxyl groups excluding tert-OH is 1. The van der Waals surface area contributed by atoms with E-state index in [1.807, 2.05) is 30.3 Å². The van der Waals surface area contributed by atoms with Crippen LogP contribution >= 0.6 is 0 Å². The van der Waals surface area contributed by atoms with Crippen molar-refractivity contribution in [2.45, 2.75) is 30.7 Å². The van der Waals surface area contributed by atoms with E-state index >= 15 is 0 Å². The third kappa shape index (κ3) is 5.63. The van der Waals surface area contributed by atoms with Gasteiger partial charge < -0.3 is 25.6 Å². The van der Waals surface area contributed by atoms with Crippen LogP contribution in [-0.2, 0) is 16.0 Å². The van der Waals surface area contributed by atoms with E-state index in [1.54, 1.807) is 30.3 Å².